The van der Waals surface area contributed by atoms with Crippen LogP contribution in [0, 0.1) is 0 Å². The van der Waals surface area contributed by atoms with Crippen molar-refractivity contribution < 1.29 is 9.59 Å². The molecule has 1 aliphatic rings. The van der Waals surface area contributed by atoms with Crippen LogP contribution in [0.1, 0.15) is 22.6 Å². The van der Waals surface area contributed by atoms with E-state index in [1.54, 1.807) is 23.9 Å². The lowest BCUT2D eigenvalue weighted by atomic mass is 10.2. The number of tetrazole rings is 1. The number of thioether (sulfide) groups is 1. The molecule has 0 fully saturated rings. The van der Waals surface area contributed by atoms with Crippen LogP contribution in [0.4, 0.5) is 5.69 Å². The van der Waals surface area contributed by atoms with Crippen LogP contribution in [0.25, 0.3) is 0 Å². The van der Waals surface area contributed by atoms with Gasteiger partial charge < -0.3 is 10.6 Å². The number of anilines is 1. The van der Waals surface area contributed by atoms with E-state index in [1.807, 2.05) is 6.07 Å². The van der Waals surface area contributed by atoms with Gasteiger partial charge in [0.2, 0.25) is 5.91 Å². The molecule has 1 aliphatic heterocycles. The van der Waals surface area contributed by atoms with Gasteiger partial charge in [-0.1, -0.05) is 5.21 Å². The van der Waals surface area contributed by atoms with Gasteiger partial charge in [-0.3, -0.25) is 9.59 Å². The smallest absolute Gasteiger partial charge is 0.251 e. The molecule has 0 saturated heterocycles. The average Bonchev–Trinajstić information content (AvgIpc) is 2.92. The monoisotopic (exact) mass is 304 g/mol. The van der Waals surface area contributed by atoms with Gasteiger partial charge in [-0.25, -0.2) is 0 Å². The number of aromatic amines is 1. The van der Waals surface area contributed by atoms with E-state index in [1.165, 1.54) is 0 Å². The number of nitrogens with zero attached hydrogens (tertiary/aromatic N) is 3. The molecule has 8 nitrogen and oxygen atoms in total. The van der Waals surface area contributed by atoms with E-state index in [0.29, 0.717) is 23.5 Å². The summed E-state index contributed by atoms with van der Waals surface area (Å²) in [5.41, 5.74) is 1.15. The largest absolute Gasteiger partial charge is 0.345 e. The number of carbonyl (C=O) groups excluding carboxylic acids is 2. The summed E-state index contributed by atoms with van der Waals surface area (Å²) in [5.74, 6) is 0.848. The SMILES string of the molecule is O=C1CCSc2ccc(C(=O)NCc3nn[nH]n3)cc2N1. The van der Waals surface area contributed by atoms with Crippen LogP contribution in [0.2, 0.25) is 0 Å². The van der Waals surface area contributed by atoms with Crippen LogP contribution in [-0.2, 0) is 11.3 Å². The van der Waals surface area contributed by atoms with E-state index in [4.69, 9.17) is 0 Å². The zero-order valence-corrected chi connectivity index (χ0v) is 11.7. The number of hydrogen-bond donors (Lipinski definition) is 3. The molecule has 3 rings (SSSR count). The van der Waals surface area contributed by atoms with Gasteiger partial charge >= 0.3 is 0 Å². The van der Waals surface area contributed by atoms with Crippen molar-refractivity contribution in [2.24, 2.45) is 0 Å². The van der Waals surface area contributed by atoms with Crippen LogP contribution in [0.3, 0.4) is 0 Å². The van der Waals surface area contributed by atoms with Crippen LogP contribution in [-0.4, -0.2) is 38.2 Å². The van der Waals surface area contributed by atoms with Crippen molar-refractivity contribution in [1.82, 2.24) is 25.9 Å². The Bertz CT molecular complexity index is 672. The van der Waals surface area contributed by atoms with Crippen LogP contribution in [0.15, 0.2) is 23.1 Å². The Kier molecular flexibility index (Phi) is 3.82. The predicted octanol–water partition coefficient (Wildman–Crippen LogP) is 0.564. The minimum atomic E-state index is -0.258. The number of aromatic nitrogens is 4. The summed E-state index contributed by atoms with van der Waals surface area (Å²) in [6, 6.07) is 5.25. The molecule has 0 spiro atoms. The van der Waals surface area contributed by atoms with Gasteiger partial charge in [0.1, 0.15) is 0 Å². The number of nitrogens with one attached hydrogen (secondary N) is 3. The van der Waals surface area contributed by atoms with Gasteiger partial charge in [-0.15, -0.1) is 22.0 Å². The predicted molar refractivity (Wildman–Crippen MR) is 75.8 cm³/mol. The number of rotatable bonds is 3. The highest BCUT2D eigenvalue weighted by molar-refractivity contribution is 7.99. The van der Waals surface area contributed by atoms with Crippen LogP contribution >= 0.6 is 11.8 Å². The fraction of sp³-hybridized carbons (Fsp3) is 0.250. The number of hydrogen-bond acceptors (Lipinski definition) is 6. The van der Waals surface area contributed by atoms with Crippen molar-refractivity contribution in [2.45, 2.75) is 17.9 Å². The van der Waals surface area contributed by atoms with Crippen molar-refractivity contribution in [3.05, 3.63) is 29.6 Å². The minimum absolute atomic E-state index is 0.0365. The molecule has 0 saturated carbocycles. The highest BCUT2D eigenvalue weighted by Crippen LogP contribution is 2.31. The Morgan fingerprint density at radius 3 is 3.14 bits per heavy atom. The summed E-state index contributed by atoms with van der Waals surface area (Å²) < 4.78 is 0. The van der Waals surface area contributed by atoms with Crippen LogP contribution in [0.5, 0.6) is 0 Å². The van der Waals surface area contributed by atoms with E-state index in [-0.39, 0.29) is 18.4 Å². The van der Waals surface area contributed by atoms with Crippen molar-refractivity contribution in [2.75, 3.05) is 11.1 Å². The van der Waals surface area contributed by atoms with Gasteiger partial charge in [-0.05, 0) is 18.2 Å². The fourth-order valence-electron chi connectivity index (χ4n) is 1.88. The molecular weight excluding hydrogens is 292 g/mol. The molecule has 9 heteroatoms. The Hall–Kier alpha value is -2.42. The molecule has 1 aromatic heterocycles. The minimum Gasteiger partial charge on any atom is -0.345 e. The molecular formula is C12H12N6O2S. The fourth-order valence-corrected chi connectivity index (χ4v) is 2.82. The zero-order chi connectivity index (χ0) is 14.7. The van der Waals surface area contributed by atoms with E-state index in [2.05, 4.69) is 31.3 Å². The standard InChI is InChI=1S/C12H12N6O2S/c19-11-3-4-21-9-2-1-7(5-8(9)14-11)12(20)13-6-10-15-17-18-16-10/h1-2,5H,3-4,6H2,(H,13,20)(H,14,19)(H,15,16,17,18). The van der Waals surface area contributed by atoms with Crippen molar-refractivity contribution in [3.63, 3.8) is 0 Å². The lowest BCUT2D eigenvalue weighted by Gasteiger charge is -2.09. The molecule has 108 valence electrons. The van der Waals surface area contributed by atoms with Gasteiger partial charge in [0.05, 0.1) is 12.2 Å². The molecule has 0 atom stereocenters. The molecule has 2 heterocycles. The Labute approximate surface area is 124 Å². The Balaban J connectivity index is 1.73. The third kappa shape index (κ3) is 3.19. The third-order valence-electron chi connectivity index (χ3n) is 2.90. The lowest BCUT2D eigenvalue weighted by Crippen LogP contribution is -2.23. The summed E-state index contributed by atoms with van der Waals surface area (Å²) in [4.78, 5) is 24.6. The number of amides is 2. The van der Waals surface area contributed by atoms with Crippen LogP contribution < -0.4 is 10.6 Å². The van der Waals surface area contributed by atoms with Crippen molar-refractivity contribution in [3.8, 4) is 0 Å². The van der Waals surface area contributed by atoms with Gasteiger partial charge in [0.25, 0.3) is 5.91 Å². The lowest BCUT2D eigenvalue weighted by molar-refractivity contribution is -0.115. The molecule has 3 N–H and O–H groups in total. The number of benzene rings is 1. The molecule has 0 bridgehead atoms. The average molecular weight is 304 g/mol. The summed E-state index contributed by atoms with van der Waals surface area (Å²) in [6.45, 7) is 0.188. The molecule has 1 aromatic carbocycles. The maximum absolute atomic E-state index is 12.1. The summed E-state index contributed by atoms with van der Waals surface area (Å²) in [6.07, 6.45) is 0.471. The topological polar surface area (TPSA) is 113 Å². The van der Waals surface area contributed by atoms with E-state index in [9.17, 15) is 9.59 Å². The Morgan fingerprint density at radius 2 is 2.33 bits per heavy atom. The first-order valence-corrected chi connectivity index (χ1v) is 7.28. The first-order chi connectivity index (χ1) is 10.2. The van der Waals surface area contributed by atoms with Gasteiger partial charge in [0, 0.05) is 22.6 Å². The van der Waals surface area contributed by atoms with E-state index < -0.39 is 0 Å². The normalized spacial score (nSPS) is 14.0. The maximum Gasteiger partial charge on any atom is 0.251 e. The number of H-pyrrole nitrogens is 1. The molecule has 2 aromatic rings. The molecule has 0 aliphatic carbocycles. The molecule has 0 radical (unpaired) electrons. The van der Waals surface area contributed by atoms with Crippen molar-refractivity contribution >= 4 is 29.3 Å². The van der Waals surface area contributed by atoms with Gasteiger partial charge in [0.15, 0.2) is 5.82 Å². The highest BCUT2D eigenvalue weighted by atomic mass is 32.2. The van der Waals surface area contributed by atoms with Gasteiger partial charge in [-0.2, -0.15) is 5.21 Å². The summed E-state index contributed by atoms with van der Waals surface area (Å²) >= 11 is 1.60. The molecule has 2 amide bonds. The maximum atomic E-state index is 12.1. The molecule has 21 heavy (non-hydrogen) atoms. The first kappa shape index (κ1) is 13.6. The first-order valence-electron chi connectivity index (χ1n) is 6.29. The van der Waals surface area contributed by atoms with Crippen molar-refractivity contribution in [1.29, 1.82) is 0 Å². The molecule has 0 unspecified atom stereocenters. The second-order valence-electron chi connectivity index (χ2n) is 4.37. The second kappa shape index (κ2) is 5.92. The zero-order valence-electron chi connectivity index (χ0n) is 10.9. The number of carbonyl (C=O) groups is 2. The van der Waals surface area contributed by atoms with E-state index >= 15 is 0 Å². The summed E-state index contributed by atoms with van der Waals surface area (Å²) in [7, 11) is 0. The Morgan fingerprint density at radius 1 is 1.43 bits per heavy atom. The highest BCUT2D eigenvalue weighted by Gasteiger charge is 2.15. The van der Waals surface area contributed by atoms with E-state index in [0.717, 1.165) is 10.6 Å². The third-order valence-corrected chi connectivity index (χ3v) is 3.97. The number of fused-ring (bicyclic) bond motifs is 1. The summed E-state index contributed by atoms with van der Waals surface area (Å²) in [5, 5.41) is 18.7. The second-order valence-corrected chi connectivity index (χ2v) is 5.51. The quantitative estimate of drug-likeness (QED) is 0.764.